The molecule has 1 aliphatic heterocycles. The summed E-state index contributed by atoms with van der Waals surface area (Å²) < 4.78 is 0. The van der Waals surface area contributed by atoms with E-state index in [1.807, 2.05) is 12.1 Å². The van der Waals surface area contributed by atoms with Crippen molar-refractivity contribution in [1.29, 1.82) is 0 Å². The number of halogens is 3. The second-order valence-electron chi connectivity index (χ2n) is 8.53. The van der Waals surface area contributed by atoms with Crippen molar-refractivity contribution in [2.24, 2.45) is 0 Å². The maximum atomic E-state index is 13.1. The van der Waals surface area contributed by atoms with E-state index in [0.717, 1.165) is 35.3 Å². The van der Waals surface area contributed by atoms with Gasteiger partial charge in [-0.2, -0.15) is 0 Å². The van der Waals surface area contributed by atoms with Crippen LogP contribution >= 0.6 is 34.8 Å². The molecule has 9 heteroatoms. The van der Waals surface area contributed by atoms with Gasteiger partial charge in [0.05, 0.1) is 5.69 Å². The Morgan fingerprint density at radius 1 is 0.919 bits per heavy atom. The topological polar surface area (TPSA) is 78.5 Å². The number of aryl methyl sites for hydroxylation is 1. The number of amides is 3. The number of nitrogens with zero attached hydrogens (tertiary/aromatic N) is 1. The summed E-state index contributed by atoms with van der Waals surface area (Å²) in [5.41, 5.74) is 3.03. The number of rotatable bonds is 9. The Bertz CT molecular complexity index is 1390. The van der Waals surface area contributed by atoms with E-state index in [-0.39, 0.29) is 23.2 Å². The first kappa shape index (κ1) is 26.7. The fourth-order valence-corrected chi connectivity index (χ4v) is 4.55. The zero-order valence-corrected chi connectivity index (χ0v) is 22.3. The lowest BCUT2D eigenvalue weighted by Crippen LogP contribution is -2.32. The molecule has 0 bridgehead atoms. The quantitative estimate of drug-likeness (QED) is 0.287. The highest BCUT2D eigenvalue weighted by molar-refractivity contribution is 6.53. The molecule has 0 unspecified atom stereocenters. The largest absolute Gasteiger partial charge is 0.350 e. The minimum absolute atomic E-state index is 0.0489. The predicted molar refractivity (Wildman–Crippen MR) is 148 cm³/mol. The summed E-state index contributed by atoms with van der Waals surface area (Å²) in [4.78, 5) is 39.7. The summed E-state index contributed by atoms with van der Waals surface area (Å²) in [6, 6.07) is 18.9. The van der Waals surface area contributed by atoms with E-state index in [0.29, 0.717) is 27.0 Å². The van der Waals surface area contributed by atoms with Gasteiger partial charge in [0.15, 0.2) is 0 Å². The number of carbonyl (C=O) groups excluding carboxylic acids is 3. The number of benzene rings is 3. The first-order valence-corrected chi connectivity index (χ1v) is 12.9. The molecule has 0 saturated carbocycles. The molecule has 0 atom stereocenters. The molecule has 0 fully saturated rings. The molecule has 0 saturated heterocycles. The molecular weight excluding hydrogens is 533 g/mol. The summed E-state index contributed by atoms with van der Waals surface area (Å²) in [5.74, 6) is -1.51. The van der Waals surface area contributed by atoms with Gasteiger partial charge in [-0.25, -0.2) is 4.90 Å². The number of hydrogen-bond donors (Lipinski definition) is 2. The summed E-state index contributed by atoms with van der Waals surface area (Å²) in [7, 11) is 0. The Morgan fingerprint density at radius 2 is 1.68 bits per heavy atom. The lowest BCUT2D eigenvalue weighted by molar-refractivity contribution is -0.120. The lowest BCUT2D eigenvalue weighted by atomic mass is 10.1. The molecule has 37 heavy (non-hydrogen) atoms. The normalized spacial score (nSPS) is 13.4. The number of carbonyl (C=O) groups is 3. The number of anilines is 2. The van der Waals surface area contributed by atoms with Crippen LogP contribution in [-0.2, 0) is 22.6 Å². The van der Waals surface area contributed by atoms with Crippen LogP contribution in [0.3, 0.4) is 0 Å². The lowest BCUT2D eigenvalue weighted by Gasteiger charge is -2.16. The Morgan fingerprint density at radius 3 is 2.38 bits per heavy atom. The van der Waals surface area contributed by atoms with E-state index < -0.39 is 11.8 Å². The Hall–Kier alpha value is -3.32. The fourth-order valence-electron chi connectivity index (χ4n) is 3.86. The van der Waals surface area contributed by atoms with Crippen LogP contribution in [0.25, 0.3) is 0 Å². The summed E-state index contributed by atoms with van der Waals surface area (Å²) in [5, 5.41) is 6.47. The molecule has 0 aromatic heterocycles. The Kier molecular flexibility index (Phi) is 8.54. The number of unbranched alkanes of at least 4 members (excludes halogenated alkanes) is 1. The van der Waals surface area contributed by atoms with Crippen LogP contribution in [0.5, 0.6) is 0 Å². The van der Waals surface area contributed by atoms with Crippen molar-refractivity contribution in [3.63, 3.8) is 0 Å². The van der Waals surface area contributed by atoms with E-state index >= 15 is 0 Å². The van der Waals surface area contributed by atoms with Gasteiger partial charge in [0, 0.05) is 27.8 Å². The molecule has 3 amide bonds. The van der Waals surface area contributed by atoms with E-state index in [2.05, 4.69) is 17.6 Å². The van der Waals surface area contributed by atoms with Gasteiger partial charge in [-0.15, -0.1) is 0 Å². The molecule has 6 nitrogen and oxygen atoms in total. The maximum absolute atomic E-state index is 13.1. The minimum Gasteiger partial charge on any atom is -0.350 e. The van der Waals surface area contributed by atoms with E-state index in [4.69, 9.17) is 34.8 Å². The van der Waals surface area contributed by atoms with Crippen LogP contribution in [0.2, 0.25) is 10.0 Å². The second kappa shape index (κ2) is 11.8. The van der Waals surface area contributed by atoms with E-state index in [1.165, 1.54) is 0 Å². The first-order chi connectivity index (χ1) is 17.8. The molecule has 4 rings (SSSR count). The van der Waals surface area contributed by atoms with Gasteiger partial charge in [0.2, 0.25) is 0 Å². The number of nitrogens with one attached hydrogen (secondary N) is 2. The zero-order valence-electron chi connectivity index (χ0n) is 20.0. The maximum Gasteiger partial charge on any atom is 0.283 e. The smallest absolute Gasteiger partial charge is 0.283 e. The third kappa shape index (κ3) is 6.16. The fraction of sp³-hybridized carbons (Fsp3) is 0.179. The average molecular weight is 557 g/mol. The number of hydrogen-bond acceptors (Lipinski definition) is 4. The molecule has 1 aliphatic rings. The molecule has 0 radical (unpaired) electrons. The van der Waals surface area contributed by atoms with Gasteiger partial charge in [0.1, 0.15) is 10.7 Å². The van der Waals surface area contributed by atoms with Crippen molar-refractivity contribution in [2.45, 2.75) is 32.7 Å². The van der Waals surface area contributed by atoms with Gasteiger partial charge < -0.3 is 10.6 Å². The van der Waals surface area contributed by atoms with Crippen molar-refractivity contribution in [1.82, 2.24) is 5.32 Å². The summed E-state index contributed by atoms with van der Waals surface area (Å²) in [6.45, 7) is 2.33. The van der Waals surface area contributed by atoms with E-state index in [1.54, 1.807) is 54.6 Å². The van der Waals surface area contributed by atoms with Crippen molar-refractivity contribution < 1.29 is 14.4 Å². The van der Waals surface area contributed by atoms with Gasteiger partial charge in [0.25, 0.3) is 17.7 Å². The van der Waals surface area contributed by atoms with Crippen molar-refractivity contribution in [3.8, 4) is 0 Å². The van der Waals surface area contributed by atoms with Crippen LogP contribution in [0.15, 0.2) is 77.5 Å². The molecule has 190 valence electrons. The standard InChI is InChI=1S/C28H24Cl3N3O3/c1-2-3-5-17-8-12-22(13-9-17)34-27(36)24(31)25(28(34)37)33-21-7-4-6-18(14-21)26(35)32-16-19-10-11-20(29)15-23(19)30/h4,6-15,33H,2-3,5,16H2,1H3,(H,32,35). The number of imide groups is 1. The zero-order chi connectivity index (χ0) is 26.5. The third-order valence-electron chi connectivity index (χ3n) is 5.89. The molecular formula is C28H24Cl3N3O3. The molecule has 3 aromatic carbocycles. The van der Waals surface area contributed by atoms with Crippen LogP contribution in [0, 0.1) is 0 Å². The average Bonchev–Trinajstić information content (AvgIpc) is 3.10. The van der Waals surface area contributed by atoms with Gasteiger partial charge in [-0.1, -0.05) is 72.4 Å². The highest BCUT2D eigenvalue weighted by Crippen LogP contribution is 2.30. The third-order valence-corrected chi connectivity index (χ3v) is 6.83. The first-order valence-electron chi connectivity index (χ1n) is 11.7. The molecule has 0 aliphatic carbocycles. The summed E-state index contributed by atoms with van der Waals surface area (Å²) >= 11 is 18.4. The van der Waals surface area contributed by atoms with Crippen LogP contribution in [0.1, 0.15) is 41.3 Å². The SMILES string of the molecule is CCCCc1ccc(N2C(=O)C(Cl)=C(Nc3cccc(C(=O)NCc4ccc(Cl)cc4Cl)c3)C2=O)cc1. The van der Waals surface area contributed by atoms with E-state index in [9.17, 15) is 14.4 Å². The second-order valence-corrected chi connectivity index (χ2v) is 9.75. The Balaban J connectivity index is 1.45. The monoisotopic (exact) mass is 555 g/mol. The summed E-state index contributed by atoms with van der Waals surface area (Å²) in [6.07, 6.45) is 3.08. The van der Waals surface area contributed by atoms with Gasteiger partial charge in [-0.3, -0.25) is 14.4 Å². The van der Waals surface area contributed by atoms with Crippen LogP contribution < -0.4 is 15.5 Å². The molecule has 3 aromatic rings. The van der Waals surface area contributed by atoms with Crippen molar-refractivity contribution >= 4 is 63.9 Å². The van der Waals surface area contributed by atoms with Crippen LogP contribution in [0.4, 0.5) is 11.4 Å². The molecule has 1 heterocycles. The molecule has 2 N–H and O–H groups in total. The highest BCUT2D eigenvalue weighted by atomic mass is 35.5. The van der Waals surface area contributed by atoms with Gasteiger partial charge >= 0.3 is 0 Å². The van der Waals surface area contributed by atoms with Gasteiger partial charge in [-0.05, 0) is 66.4 Å². The Labute approximate surface area is 230 Å². The highest BCUT2D eigenvalue weighted by Gasteiger charge is 2.39. The van der Waals surface area contributed by atoms with Crippen molar-refractivity contribution in [2.75, 3.05) is 10.2 Å². The predicted octanol–water partition coefficient (Wildman–Crippen LogP) is 6.70. The van der Waals surface area contributed by atoms with Crippen molar-refractivity contribution in [3.05, 3.63) is 104 Å². The minimum atomic E-state index is -0.607. The molecule has 0 spiro atoms. The van der Waals surface area contributed by atoms with Crippen LogP contribution in [-0.4, -0.2) is 17.7 Å².